The lowest BCUT2D eigenvalue weighted by Gasteiger charge is -2.36. The largest absolute Gasteiger partial charge is 0.459 e. The van der Waals surface area contributed by atoms with Gasteiger partial charge < -0.3 is 20.3 Å². The SMILES string of the molecule is CN=C(NCC(=O)OC(C)(C)C)NC1CCN(CC2CCCCC2)CC1.I. The number of esters is 1. The Morgan fingerprint density at radius 1 is 1.11 bits per heavy atom. The second-order valence-electron chi connectivity index (χ2n) is 8.74. The second kappa shape index (κ2) is 12.1. The van der Waals surface area contributed by atoms with Crippen molar-refractivity contribution >= 4 is 35.9 Å². The van der Waals surface area contributed by atoms with Gasteiger partial charge in [-0.15, -0.1) is 24.0 Å². The lowest BCUT2D eigenvalue weighted by atomic mass is 9.88. The molecule has 6 nitrogen and oxygen atoms in total. The van der Waals surface area contributed by atoms with Gasteiger partial charge in [-0.25, -0.2) is 0 Å². The second-order valence-corrected chi connectivity index (χ2v) is 8.74. The summed E-state index contributed by atoms with van der Waals surface area (Å²) in [5.74, 6) is 1.33. The van der Waals surface area contributed by atoms with Gasteiger partial charge in [0.25, 0.3) is 0 Å². The Morgan fingerprint density at radius 3 is 2.30 bits per heavy atom. The average Bonchev–Trinajstić information content (AvgIpc) is 2.59. The highest BCUT2D eigenvalue weighted by Crippen LogP contribution is 2.25. The number of likely N-dealkylation sites (tertiary alicyclic amines) is 1. The van der Waals surface area contributed by atoms with E-state index in [0.717, 1.165) is 31.8 Å². The van der Waals surface area contributed by atoms with Crippen molar-refractivity contribution < 1.29 is 9.53 Å². The maximum Gasteiger partial charge on any atom is 0.325 e. The summed E-state index contributed by atoms with van der Waals surface area (Å²) in [6.45, 7) is 9.33. The number of aliphatic imine (C=N–C) groups is 1. The molecule has 0 radical (unpaired) electrons. The molecule has 2 N–H and O–H groups in total. The van der Waals surface area contributed by atoms with E-state index in [-0.39, 0.29) is 36.5 Å². The van der Waals surface area contributed by atoms with Crippen molar-refractivity contribution in [1.82, 2.24) is 15.5 Å². The standard InChI is InChI=1S/C20H38N4O2.HI/c1-20(2,3)26-18(25)14-22-19(21-4)23-17-10-12-24(13-11-17)15-16-8-6-5-7-9-16;/h16-17H,5-15H2,1-4H3,(H2,21,22,23);1H. The Kier molecular flexibility index (Phi) is 11.0. The molecule has 158 valence electrons. The Hall–Kier alpha value is -0.570. The summed E-state index contributed by atoms with van der Waals surface area (Å²) in [6, 6.07) is 0.419. The summed E-state index contributed by atoms with van der Waals surface area (Å²) in [5, 5.41) is 6.52. The quantitative estimate of drug-likeness (QED) is 0.266. The fourth-order valence-corrected chi connectivity index (χ4v) is 3.92. The van der Waals surface area contributed by atoms with E-state index in [0.29, 0.717) is 12.0 Å². The van der Waals surface area contributed by atoms with Gasteiger partial charge in [0.2, 0.25) is 0 Å². The monoisotopic (exact) mass is 494 g/mol. The summed E-state index contributed by atoms with van der Waals surface area (Å²) in [4.78, 5) is 18.7. The van der Waals surface area contributed by atoms with Crippen molar-refractivity contribution in [3.63, 3.8) is 0 Å². The fraction of sp³-hybridized carbons (Fsp3) is 0.900. The van der Waals surface area contributed by atoms with Crippen molar-refractivity contribution in [1.29, 1.82) is 0 Å². The first kappa shape index (κ1) is 24.5. The topological polar surface area (TPSA) is 66.0 Å². The third-order valence-corrected chi connectivity index (χ3v) is 5.21. The smallest absolute Gasteiger partial charge is 0.325 e. The summed E-state index contributed by atoms with van der Waals surface area (Å²) in [7, 11) is 1.74. The molecule has 0 aromatic rings. The minimum Gasteiger partial charge on any atom is -0.459 e. The van der Waals surface area contributed by atoms with Gasteiger partial charge in [-0.3, -0.25) is 9.79 Å². The van der Waals surface area contributed by atoms with Crippen LogP contribution < -0.4 is 10.6 Å². The number of rotatable bonds is 5. The maximum atomic E-state index is 11.8. The van der Waals surface area contributed by atoms with E-state index in [9.17, 15) is 4.79 Å². The lowest BCUT2D eigenvalue weighted by Crippen LogP contribution is -2.50. The normalized spacial score (nSPS) is 20.7. The van der Waals surface area contributed by atoms with Gasteiger partial charge in [-0.05, 0) is 52.4 Å². The van der Waals surface area contributed by atoms with Crippen LogP contribution in [0.3, 0.4) is 0 Å². The van der Waals surface area contributed by atoms with Gasteiger partial charge in [0.15, 0.2) is 5.96 Å². The van der Waals surface area contributed by atoms with E-state index in [1.807, 2.05) is 20.8 Å². The van der Waals surface area contributed by atoms with Gasteiger partial charge in [0, 0.05) is 32.7 Å². The van der Waals surface area contributed by atoms with Gasteiger partial charge in [0.1, 0.15) is 12.1 Å². The highest BCUT2D eigenvalue weighted by molar-refractivity contribution is 14.0. The third-order valence-electron chi connectivity index (χ3n) is 5.21. The van der Waals surface area contributed by atoms with E-state index in [1.165, 1.54) is 38.6 Å². The molecule has 0 aromatic carbocycles. The number of hydrogen-bond acceptors (Lipinski definition) is 4. The lowest BCUT2D eigenvalue weighted by molar-refractivity contribution is -0.153. The zero-order valence-electron chi connectivity index (χ0n) is 17.6. The first-order valence-corrected chi connectivity index (χ1v) is 10.3. The molecule has 7 heteroatoms. The van der Waals surface area contributed by atoms with Gasteiger partial charge in [-0.2, -0.15) is 0 Å². The molecule has 0 atom stereocenters. The van der Waals surface area contributed by atoms with Crippen molar-refractivity contribution in [3.8, 4) is 0 Å². The molecule has 2 aliphatic rings. The molecular formula is C20H39IN4O2. The predicted molar refractivity (Wildman–Crippen MR) is 122 cm³/mol. The van der Waals surface area contributed by atoms with Crippen LogP contribution in [-0.4, -0.2) is 61.7 Å². The van der Waals surface area contributed by atoms with Crippen molar-refractivity contribution in [3.05, 3.63) is 0 Å². The fourth-order valence-electron chi connectivity index (χ4n) is 3.92. The number of guanidine groups is 1. The molecule has 0 unspecified atom stereocenters. The Balaban J connectivity index is 0.00000364. The molecule has 1 saturated heterocycles. The molecule has 0 aromatic heterocycles. The molecule has 0 amide bonds. The Labute approximate surface area is 182 Å². The summed E-state index contributed by atoms with van der Waals surface area (Å²) in [5.41, 5.74) is -0.457. The molecule has 1 aliphatic heterocycles. The Bertz CT molecular complexity index is 465. The third kappa shape index (κ3) is 9.96. The van der Waals surface area contributed by atoms with Crippen LogP contribution in [0.2, 0.25) is 0 Å². The molecule has 2 rings (SSSR count). The number of nitrogens with one attached hydrogen (secondary N) is 2. The van der Waals surface area contributed by atoms with Crippen molar-refractivity contribution in [2.24, 2.45) is 10.9 Å². The first-order valence-electron chi connectivity index (χ1n) is 10.3. The van der Waals surface area contributed by atoms with Crippen LogP contribution in [0.25, 0.3) is 0 Å². The molecule has 1 aliphatic carbocycles. The number of nitrogens with zero attached hydrogens (tertiary/aromatic N) is 2. The zero-order valence-corrected chi connectivity index (χ0v) is 19.9. The molecular weight excluding hydrogens is 455 g/mol. The minimum atomic E-state index is -0.457. The van der Waals surface area contributed by atoms with E-state index in [1.54, 1.807) is 7.05 Å². The van der Waals surface area contributed by atoms with Gasteiger partial charge >= 0.3 is 5.97 Å². The van der Waals surface area contributed by atoms with Crippen LogP contribution in [0.4, 0.5) is 0 Å². The molecule has 1 heterocycles. The summed E-state index contributed by atoms with van der Waals surface area (Å²) >= 11 is 0. The van der Waals surface area contributed by atoms with Gasteiger partial charge in [0.05, 0.1) is 0 Å². The van der Waals surface area contributed by atoms with Crippen molar-refractivity contribution in [2.75, 3.05) is 33.2 Å². The summed E-state index contributed by atoms with van der Waals surface area (Å²) < 4.78 is 5.32. The predicted octanol–water partition coefficient (Wildman–Crippen LogP) is 3.16. The molecule has 0 spiro atoms. The zero-order chi connectivity index (χ0) is 19.0. The maximum absolute atomic E-state index is 11.8. The summed E-state index contributed by atoms with van der Waals surface area (Å²) in [6.07, 6.45) is 9.35. The highest BCUT2D eigenvalue weighted by atomic mass is 127. The average molecular weight is 494 g/mol. The van der Waals surface area contributed by atoms with Crippen LogP contribution in [-0.2, 0) is 9.53 Å². The first-order chi connectivity index (χ1) is 12.4. The van der Waals surface area contributed by atoms with Crippen LogP contribution >= 0.6 is 24.0 Å². The van der Waals surface area contributed by atoms with Crippen LogP contribution in [0.5, 0.6) is 0 Å². The van der Waals surface area contributed by atoms with Crippen molar-refractivity contribution in [2.45, 2.75) is 77.4 Å². The van der Waals surface area contributed by atoms with Crippen LogP contribution in [0, 0.1) is 5.92 Å². The van der Waals surface area contributed by atoms with Crippen LogP contribution in [0.1, 0.15) is 65.7 Å². The van der Waals surface area contributed by atoms with Gasteiger partial charge in [-0.1, -0.05) is 19.3 Å². The molecule has 2 fully saturated rings. The molecule has 27 heavy (non-hydrogen) atoms. The number of carbonyl (C=O) groups is 1. The minimum absolute atomic E-state index is 0. The molecule has 1 saturated carbocycles. The number of piperidine rings is 1. The number of halogens is 1. The van der Waals surface area contributed by atoms with E-state index in [2.05, 4.69) is 20.5 Å². The Morgan fingerprint density at radius 2 is 1.74 bits per heavy atom. The van der Waals surface area contributed by atoms with Crippen LogP contribution in [0.15, 0.2) is 4.99 Å². The van der Waals surface area contributed by atoms with E-state index < -0.39 is 5.60 Å². The number of ether oxygens (including phenoxy) is 1. The number of hydrogen-bond donors (Lipinski definition) is 2. The molecule has 0 bridgehead atoms. The van der Waals surface area contributed by atoms with E-state index in [4.69, 9.17) is 4.74 Å². The van der Waals surface area contributed by atoms with E-state index >= 15 is 0 Å². The number of carbonyl (C=O) groups excluding carboxylic acids is 1. The highest BCUT2D eigenvalue weighted by Gasteiger charge is 2.23.